The minimum absolute atomic E-state index is 0.344. The second-order valence-electron chi connectivity index (χ2n) is 11.8. The molecule has 1 N–H and O–H groups in total. The molecule has 9 rings (SSSR count). The Morgan fingerprint density at radius 3 is 2.16 bits per heavy atom. The van der Waals surface area contributed by atoms with Crippen molar-refractivity contribution >= 4 is 16.3 Å². The van der Waals surface area contributed by atoms with Crippen molar-refractivity contribution in [3.05, 3.63) is 167 Å². The molecule has 1 unspecified atom stereocenters. The first-order valence-electron chi connectivity index (χ1n) is 15.0. The number of hydrogen-bond acceptors (Lipinski definition) is 4. The van der Waals surface area contributed by atoms with Crippen LogP contribution < -0.4 is 5.32 Å². The zero-order chi connectivity index (χ0) is 30.1. The SMILES string of the molecule is N#Cc1cc(-c2ccc3c(c2)C2(c4ccccc4-c4ccccc42)c2c-3ccc3cc(C4=CC(C#N)NC=C4)ccc23)ccn1. The molecule has 1 aliphatic heterocycles. The summed E-state index contributed by atoms with van der Waals surface area (Å²) in [4.78, 5) is 4.21. The average Bonchev–Trinajstić information content (AvgIpc) is 3.58. The van der Waals surface area contributed by atoms with Gasteiger partial charge in [0.2, 0.25) is 0 Å². The van der Waals surface area contributed by atoms with Gasteiger partial charge in [-0.2, -0.15) is 10.5 Å². The van der Waals surface area contributed by atoms with Crippen LogP contribution in [0, 0.1) is 22.7 Å². The van der Waals surface area contributed by atoms with Gasteiger partial charge in [-0.05, 0) is 120 Å². The number of rotatable bonds is 2. The van der Waals surface area contributed by atoms with E-state index in [4.69, 9.17) is 0 Å². The molecular weight excluding hydrogens is 548 g/mol. The third kappa shape index (κ3) is 3.43. The van der Waals surface area contributed by atoms with Crippen molar-refractivity contribution in [1.29, 1.82) is 10.5 Å². The van der Waals surface area contributed by atoms with Crippen LogP contribution in [0.1, 0.15) is 33.5 Å². The van der Waals surface area contributed by atoms with E-state index < -0.39 is 5.41 Å². The fraction of sp³-hybridized carbons (Fsp3) is 0.0488. The maximum absolute atomic E-state index is 9.56. The highest BCUT2D eigenvalue weighted by atomic mass is 14.9. The van der Waals surface area contributed by atoms with Crippen LogP contribution in [0.4, 0.5) is 0 Å². The Kier molecular flexibility index (Phi) is 5.27. The highest BCUT2D eigenvalue weighted by molar-refractivity contribution is 6.05. The number of aromatic nitrogens is 1. The quantitative estimate of drug-likeness (QED) is 0.225. The number of fused-ring (bicyclic) bond motifs is 12. The van der Waals surface area contributed by atoms with E-state index >= 15 is 0 Å². The van der Waals surface area contributed by atoms with E-state index in [0.29, 0.717) is 5.69 Å². The van der Waals surface area contributed by atoms with E-state index in [1.165, 1.54) is 49.9 Å². The first kappa shape index (κ1) is 25.3. The van der Waals surface area contributed by atoms with Crippen molar-refractivity contribution in [2.24, 2.45) is 0 Å². The summed E-state index contributed by atoms with van der Waals surface area (Å²) in [5.41, 5.74) is 14.2. The van der Waals surface area contributed by atoms with Gasteiger partial charge in [0.25, 0.3) is 0 Å². The number of nitrogens with one attached hydrogen (secondary N) is 1. The number of pyridine rings is 1. The lowest BCUT2D eigenvalue weighted by Crippen LogP contribution is -2.26. The summed E-state index contributed by atoms with van der Waals surface area (Å²) in [6.07, 6.45) is 7.58. The Morgan fingerprint density at radius 2 is 1.38 bits per heavy atom. The summed E-state index contributed by atoms with van der Waals surface area (Å²) in [6, 6.07) is 43.6. The van der Waals surface area contributed by atoms with E-state index in [-0.39, 0.29) is 6.04 Å². The number of nitrogens with zero attached hydrogens (tertiary/aromatic N) is 3. The van der Waals surface area contributed by atoms with E-state index in [9.17, 15) is 10.5 Å². The minimum Gasteiger partial charge on any atom is -0.373 e. The van der Waals surface area contributed by atoms with Gasteiger partial charge < -0.3 is 5.32 Å². The van der Waals surface area contributed by atoms with Crippen molar-refractivity contribution in [3.8, 4) is 45.5 Å². The van der Waals surface area contributed by atoms with Gasteiger partial charge in [0, 0.05) is 6.20 Å². The Hall–Kier alpha value is -6.23. The van der Waals surface area contributed by atoms with Crippen LogP contribution >= 0.6 is 0 Å². The van der Waals surface area contributed by atoms with Crippen LogP contribution in [0.5, 0.6) is 0 Å². The molecule has 0 bridgehead atoms. The molecule has 208 valence electrons. The number of dihydropyridines is 1. The molecular formula is C41H24N4. The predicted octanol–water partition coefficient (Wildman–Crippen LogP) is 8.51. The van der Waals surface area contributed by atoms with Gasteiger partial charge in [-0.25, -0.2) is 4.98 Å². The van der Waals surface area contributed by atoms with Crippen molar-refractivity contribution in [1.82, 2.24) is 10.3 Å². The monoisotopic (exact) mass is 572 g/mol. The minimum atomic E-state index is -0.514. The fourth-order valence-electron chi connectivity index (χ4n) is 7.80. The largest absolute Gasteiger partial charge is 0.373 e. The molecule has 0 saturated heterocycles. The van der Waals surface area contributed by atoms with Crippen molar-refractivity contribution in [3.63, 3.8) is 0 Å². The predicted molar refractivity (Wildman–Crippen MR) is 178 cm³/mol. The standard InChI is InChI=1S/C41H24N4/c42-23-30-20-27(15-17-44-30)25-9-12-32-29(19-25)11-14-36-35-13-10-26(28-16-18-45-31(21-28)24-43)22-39(35)41(40(32)36)37-7-3-1-5-33(37)34-6-2-4-8-38(34)41/h1-22,30,44H. The molecule has 0 amide bonds. The Balaban J connectivity index is 1.36. The second kappa shape index (κ2) is 9.38. The Morgan fingerprint density at radius 1 is 0.667 bits per heavy atom. The molecule has 2 heterocycles. The van der Waals surface area contributed by atoms with Crippen LogP contribution in [0.25, 0.3) is 49.7 Å². The molecule has 45 heavy (non-hydrogen) atoms. The van der Waals surface area contributed by atoms with Gasteiger partial charge in [0.1, 0.15) is 17.8 Å². The first-order chi connectivity index (χ1) is 22.2. The number of allylic oxidation sites excluding steroid dienone is 2. The summed E-state index contributed by atoms with van der Waals surface area (Å²) in [5, 5.41) is 24.5. The molecule has 0 radical (unpaired) electrons. The molecule has 0 fully saturated rings. The lowest BCUT2D eigenvalue weighted by atomic mass is 9.69. The highest BCUT2D eigenvalue weighted by Gasteiger charge is 2.52. The van der Waals surface area contributed by atoms with Gasteiger partial charge in [-0.15, -0.1) is 0 Å². The molecule has 4 nitrogen and oxygen atoms in total. The van der Waals surface area contributed by atoms with Crippen LogP contribution in [0.15, 0.2) is 134 Å². The van der Waals surface area contributed by atoms with E-state index in [0.717, 1.165) is 27.6 Å². The molecule has 1 atom stereocenters. The van der Waals surface area contributed by atoms with Crippen LogP contribution in [-0.2, 0) is 5.41 Å². The van der Waals surface area contributed by atoms with Crippen molar-refractivity contribution in [2.45, 2.75) is 11.5 Å². The number of nitriles is 2. The van der Waals surface area contributed by atoms with Gasteiger partial charge >= 0.3 is 0 Å². The molecule has 5 aromatic carbocycles. The smallest absolute Gasteiger partial charge is 0.141 e. The summed E-state index contributed by atoms with van der Waals surface area (Å²) in [6.45, 7) is 0. The number of benzene rings is 5. The molecule has 6 aromatic rings. The summed E-state index contributed by atoms with van der Waals surface area (Å²) in [7, 11) is 0. The van der Waals surface area contributed by atoms with Gasteiger partial charge in [-0.1, -0.05) is 84.9 Å². The molecule has 2 aliphatic carbocycles. The van der Waals surface area contributed by atoms with E-state index in [1.54, 1.807) is 6.20 Å². The lowest BCUT2D eigenvalue weighted by Gasteiger charge is -2.32. The van der Waals surface area contributed by atoms with Crippen LogP contribution in [-0.4, -0.2) is 11.0 Å². The second-order valence-corrected chi connectivity index (χ2v) is 11.8. The molecule has 4 heteroatoms. The Bertz CT molecular complexity index is 2350. The Labute approximate surface area is 260 Å². The highest BCUT2D eigenvalue weighted by Crippen LogP contribution is 2.64. The van der Waals surface area contributed by atoms with Crippen molar-refractivity contribution in [2.75, 3.05) is 0 Å². The first-order valence-corrected chi connectivity index (χ1v) is 15.0. The molecule has 1 spiro atoms. The fourth-order valence-corrected chi connectivity index (χ4v) is 7.80. The summed E-state index contributed by atoms with van der Waals surface area (Å²) < 4.78 is 0. The molecule has 1 aromatic heterocycles. The van der Waals surface area contributed by atoms with Gasteiger partial charge in [0.15, 0.2) is 0 Å². The molecule has 0 saturated carbocycles. The molecule has 3 aliphatic rings. The third-order valence-electron chi connectivity index (χ3n) is 9.63. The van der Waals surface area contributed by atoms with E-state index in [1.807, 2.05) is 30.5 Å². The van der Waals surface area contributed by atoms with Crippen molar-refractivity contribution < 1.29 is 0 Å². The van der Waals surface area contributed by atoms with Crippen LogP contribution in [0.3, 0.4) is 0 Å². The number of hydrogen-bond donors (Lipinski definition) is 1. The van der Waals surface area contributed by atoms with Gasteiger partial charge in [0.05, 0.1) is 11.5 Å². The topological polar surface area (TPSA) is 72.5 Å². The average molecular weight is 573 g/mol. The summed E-state index contributed by atoms with van der Waals surface area (Å²) in [5.74, 6) is 0. The van der Waals surface area contributed by atoms with Gasteiger partial charge in [-0.3, -0.25) is 0 Å². The van der Waals surface area contributed by atoms with Crippen LogP contribution in [0.2, 0.25) is 0 Å². The zero-order valence-electron chi connectivity index (χ0n) is 24.1. The normalized spacial score (nSPS) is 16.1. The maximum Gasteiger partial charge on any atom is 0.141 e. The van der Waals surface area contributed by atoms with E-state index in [2.05, 4.69) is 120 Å². The summed E-state index contributed by atoms with van der Waals surface area (Å²) >= 11 is 0. The maximum atomic E-state index is 9.56. The zero-order valence-corrected chi connectivity index (χ0v) is 24.1. The third-order valence-corrected chi connectivity index (χ3v) is 9.63. The lowest BCUT2D eigenvalue weighted by molar-refractivity contribution is 0.801.